The first kappa shape index (κ1) is 9.96. The van der Waals surface area contributed by atoms with Crippen molar-refractivity contribution in [2.75, 3.05) is 0 Å². The lowest BCUT2D eigenvalue weighted by molar-refractivity contribution is 0.150. The Morgan fingerprint density at radius 2 is 2.00 bits per heavy atom. The summed E-state index contributed by atoms with van der Waals surface area (Å²) in [6, 6.07) is 9.74. The van der Waals surface area contributed by atoms with Gasteiger partial charge in [0, 0.05) is 5.92 Å². The van der Waals surface area contributed by atoms with Gasteiger partial charge in [-0.2, -0.15) is 0 Å². The second kappa shape index (κ2) is 4.80. The van der Waals surface area contributed by atoms with Crippen LogP contribution in [0.2, 0.25) is 0 Å². The molecule has 1 aromatic rings. The number of hydrogen-bond acceptors (Lipinski definition) is 2. The fourth-order valence-electron chi connectivity index (χ4n) is 1.35. The molecular weight excluding hydrogens is 162 g/mol. The van der Waals surface area contributed by atoms with E-state index in [-0.39, 0.29) is 5.92 Å². The first-order chi connectivity index (χ1) is 6.25. The Labute approximate surface area is 78.7 Å². The highest BCUT2D eigenvalue weighted by Gasteiger charge is 2.15. The molecule has 0 saturated carbocycles. The van der Waals surface area contributed by atoms with Crippen molar-refractivity contribution >= 4 is 0 Å². The molecule has 0 saturated heterocycles. The van der Waals surface area contributed by atoms with Crippen LogP contribution in [0.4, 0.5) is 0 Å². The molecule has 0 aliphatic carbocycles. The zero-order valence-electron chi connectivity index (χ0n) is 7.56. The highest BCUT2D eigenvalue weighted by molar-refractivity contribution is 5.21. The highest BCUT2D eigenvalue weighted by atomic mass is 16.3. The van der Waals surface area contributed by atoms with Gasteiger partial charge in [0.25, 0.3) is 0 Å². The number of aliphatic hydroxyl groups is 1. The maximum Gasteiger partial charge on any atom is 0.109 e. The SMILES string of the molecule is C=CCC(c1ccccc1)C(N)O. The summed E-state index contributed by atoms with van der Waals surface area (Å²) in [7, 11) is 0. The largest absolute Gasteiger partial charge is 0.378 e. The number of hydrogen-bond donors (Lipinski definition) is 2. The van der Waals surface area contributed by atoms with Crippen LogP contribution in [0.3, 0.4) is 0 Å². The summed E-state index contributed by atoms with van der Waals surface area (Å²) in [5.74, 6) is -0.0429. The second-order valence-electron chi connectivity index (χ2n) is 3.03. The zero-order valence-corrected chi connectivity index (χ0v) is 7.56. The van der Waals surface area contributed by atoms with Crippen LogP contribution < -0.4 is 5.73 Å². The molecule has 0 amide bonds. The van der Waals surface area contributed by atoms with Crippen molar-refractivity contribution in [3.63, 3.8) is 0 Å². The first-order valence-electron chi connectivity index (χ1n) is 4.35. The van der Waals surface area contributed by atoms with Gasteiger partial charge in [-0.3, -0.25) is 0 Å². The molecule has 3 N–H and O–H groups in total. The molecular formula is C11H15NO. The first-order valence-corrected chi connectivity index (χ1v) is 4.35. The summed E-state index contributed by atoms with van der Waals surface area (Å²) < 4.78 is 0. The van der Waals surface area contributed by atoms with E-state index >= 15 is 0 Å². The standard InChI is InChI=1S/C11H15NO/c1-2-6-10(11(12)13)9-7-4-3-5-8-9/h2-5,7-8,10-11,13H,1,6,12H2. The van der Waals surface area contributed by atoms with Crippen LogP contribution in [0.1, 0.15) is 17.9 Å². The van der Waals surface area contributed by atoms with Crippen LogP contribution in [-0.4, -0.2) is 11.3 Å². The molecule has 2 nitrogen and oxygen atoms in total. The summed E-state index contributed by atoms with van der Waals surface area (Å²) in [6.45, 7) is 3.64. The van der Waals surface area contributed by atoms with E-state index in [0.29, 0.717) is 6.42 Å². The van der Waals surface area contributed by atoms with Gasteiger partial charge in [0.2, 0.25) is 0 Å². The van der Waals surface area contributed by atoms with Crippen molar-refractivity contribution in [3.8, 4) is 0 Å². The van der Waals surface area contributed by atoms with Gasteiger partial charge >= 0.3 is 0 Å². The van der Waals surface area contributed by atoms with Crippen LogP contribution >= 0.6 is 0 Å². The molecule has 0 spiro atoms. The molecule has 13 heavy (non-hydrogen) atoms. The van der Waals surface area contributed by atoms with Crippen LogP contribution in [0.5, 0.6) is 0 Å². The molecule has 70 valence electrons. The average molecular weight is 177 g/mol. The maximum atomic E-state index is 9.33. The van der Waals surface area contributed by atoms with Crippen LogP contribution in [-0.2, 0) is 0 Å². The summed E-state index contributed by atoms with van der Waals surface area (Å²) >= 11 is 0. The predicted octanol–water partition coefficient (Wildman–Crippen LogP) is 1.62. The Morgan fingerprint density at radius 1 is 1.38 bits per heavy atom. The summed E-state index contributed by atoms with van der Waals surface area (Å²) in [6.07, 6.45) is 1.65. The lowest BCUT2D eigenvalue weighted by Gasteiger charge is -2.18. The van der Waals surface area contributed by atoms with Gasteiger partial charge < -0.3 is 10.8 Å². The number of rotatable bonds is 4. The fourth-order valence-corrected chi connectivity index (χ4v) is 1.35. The monoisotopic (exact) mass is 177 g/mol. The highest BCUT2D eigenvalue weighted by Crippen LogP contribution is 2.21. The molecule has 2 unspecified atom stereocenters. The molecule has 0 bridgehead atoms. The van der Waals surface area contributed by atoms with Gasteiger partial charge in [0.15, 0.2) is 0 Å². The van der Waals surface area contributed by atoms with E-state index in [9.17, 15) is 5.11 Å². The Kier molecular flexibility index (Phi) is 3.68. The fraction of sp³-hybridized carbons (Fsp3) is 0.273. The summed E-state index contributed by atoms with van der Waals surface area (Å²) in [5.41, 5.74) is 6.52. The Morgan fingerprint density at radius 3 is 2.46 bits per heavy atom. The molecule has 0 aromatic heterocycles. The molecule has 0 aliphatic heterocycles. The van der Waals surface area contributed by atoms with E-state index < -0.39 is 6.23 Å². The van der Waals surface area contributed by atoms with Gasteiger partial charge in [-0.15, -0.1) is 6.58 Å². The van der Waals surface area contributed by atoms with E-state index in [1.165, 1.54) is 0 Å². The van der Waals surface area contributed by atoms with Gasteiger partial charge in [-0.05, 0) is 12.0 Å². The van der Waals surface area contributed by atoms with Crippen LogP contribution in [0.15, 0.2) is 43.0 Å². The number of benzene rings is 1. The van der Waals surface area contributed by atoms with E-state index in [2.05, 4.69) is 6.58 Å². The van der Waals surface area contributed by atoms with Crippen molar-refractivity contribution in [2.45, 2.75) is 18.6 Å². The third-order valence-electron chi connectivity index (χ3n) is 2.06. The van der Waals surface area contributed by atoms with Gasteiger partial charge in [-0.25, -0.2) is 0 Å². The van der Waals surface area contributed by atoms with Crippen molar-refractivity contribution < 1.29 is 5.11 Å². The number of allylic oxidation sites excluding steroid dienone is 1. The maximum absolute atomic E-state index is 9.33. The van der Waals surface area contributed by atoms with Gasteiger partial charge in [0.1, 0.15) is 6.23 Å². The molecule has 2 atom stereocenters. The van der Waals surface area contributed by atoms with Crippen molar-refractivity contribution in [1.82, 2.24) is 0 Å². The van der Waals surface area contributed by atoms with Crippen molar-refractivity contribution in [2.24, 2.45) is 5.73 Å². The minimum Gasteiger partial charge on any atom is -0.378 e. The lowest BCUT2D eigenvalue weighted by Crippen LogP contribution is -2.27. The van der Waals surface area contributed by atoms with Crippen LogP contribution in [0, 0.1) is 0 Å². The predicted molar refractivity (Wildman–Crippen MR) is 54.2 cm³/mol. The average Bonchev–Trinajstić information content (AvgIpc) is 2.15. The molecule has 0 radical (unpaired) electrons. The number of aliphatic hydroxyl groups excluding tert-OH is 1. The van der Waals surface area contributed by atoms with E-state index in [0.717, 1.165) is 5.56 Å². The minimum atomic E-state index is -0.819. The zero-order chi connectivity index (χ0) is 9.68. The topological polar surface area (TPSA) is 46.2 Å². The third kappa shape index (κ3) is 2.68. The third-order valence-corrected chi connectivity index (χ3v) is 2.06. The van der Waals surface area contributed by atoms with Crippen LogP contribution in [0.25, 0.3) is 0 Å². The minimum absolute atomic E-state index is 0.0429. The van der Waals surface area contributed by atoms with E-state index in [1.807, 2.05) is 30.3 Å². The van der Waals surface area contributed by atoms with Gasteiger partial charge in [-0.1, -0.05) is 36.4 Å². The normalized spacial score (nSPS) is 14.9. The molecule has 2 heteroatoms. The molecule has 0 heterocycles. The van der Waals surface area contributed by atoms with E-state index in [1.54, 1.807) is 6.08 Å². The quantitative estimate of drug-likeness (QED) is 0.542. The van der Waals surface area contributed by atoms with E-state index in [4.69, 9.17) is 5.73 Å². The number of nitrogens with two attached hydrogens (primary N) is 1. The lowest BCUT2D eigenvalue weighted by atomic mass is 9.94. The van der Waals surface area contributed by atoms with Crippen molar-refractivity contribution in [1.29, 1.82) is 0 Å². The summed E-state index contributed by atoms with van der Waals surface area (Å²) in [4.78, 5) is 0. The second-order valence-corrected chi connectivity index (χ2v) is 3.03. The smallest absolute Gasteiger partial charge is 0.109 e. The Hall–Kier alpha value is -1.12. The van der Waals surface area contributed by atoms with Crippen molar-refractivity contribution in [3.05, 3.63) is 48.6 Å². The summed E-state index contributed by atoms with van der Waals surface area (Å²) in [5, 5.41) is 9.33. The molecule has 1 aromatic carbocycles. The Balaban J connectivity index is 2.82. The van der Waals surface area contributed by atoms with Gasteiger partial charge in [0.05, 0.1) is 0 Å². The molecule has 1 rings (SSSR count). The molecule has 0 fully saturated rings. The Bertz CT molecular complexity index is 256. The molecule has 0 aliphatic rings.